The van der Waals surface area contributed by atoms with Crippen LogP contribution in [0.3, 0.4) is 0 Å². The monoisotopic (exact) mass is 681 g/mol. The molecule has 1 aromatic carbocycles. The molecule has 6 atom stereocenters. The molecular weight excluding hydrogens is 626 g/mol. The first-order valence-corrected chi connectivity index (χ1v) is 17.7. The zero-order chi connectivity index (χ0) is 36.3. The first kappa shape index (κ1) is 37.9. The van der Waals surface area contributed by atoms with Gasteiger partial charge in [0, 0.05) is 6.54 Å². The van der Waals surface area contributed by atoms with Crippen LogP contribution in [0.25, 0.3) is 0 Å². The number of Topliss-reactive ketones (excluding diaryl/α,β-unsaturated/α-hetero) is 1. The molecule has 3 aliphatic rings. The van der Waals surface area contributed by atoms with E-state index >= 15 is 0 Å². The number of carbonyl (C=O) groups excluding carboxylic acids is 6. The Bertz CT molecular complexity index is 1420. The number of ether oxygens (including phenoxy) is 1. The van der Waals surface area contributed by atoms with Crippen LogP contribution in [0.4, 0.5) is 4.79 Å². The van der Waals surface area contributed by atoms with Crippen LogP contribution in [-0.4, -0.2) is 70.6 Å². The topological polar surface area (TPSA) is 177 Å². The maximum Gasteiger partial charge on any atom is 0.332 e. The lowest BCUT2D eigenvalue weighted by atomic mass is 9.81. The van der Waals surface area contributed by atoms with Crippen molar-refractivity contribution in [2.75, 3.05) is 6.54 Å². The van der Waals surface area contributed by atoms with E-state index in [1.54, 1.807) is 0 Å². The summed E-state index contributed by atoms with van der Waals surface area (Å²) in [6.07, 6.45) is 4.21. The number of likely N-dealkylation sites (tertiary alicyclic amines) is 1. The number of amides is 5. The van der Waals surface area contributed by atoms with Crippen LogP contribution >= 0.6 is 0 Å². The Morgan fingerprint density at radius 3 is 2.20 bits per heavy atom. The van der Waals surface area contributed by atoms with Crippen molar-refractivity contribution in [1.82, 2.24) is 20.9 Å². The fourth-order valence-electron chi connectivity index (χ4n) is 7.64. The summed E-state index contributed by atoms with van der Waals surface area (Å²) >= 11 is 0. The number of nitrogens with one attached hydrogen (secondary N) is 3. The minimum Gasteiger partial charge on any atom is -0.459 e. The fraction of sp³-hybridized carbons (Fsp3) is 0.676. The second-order valence-electron chi connectivity index (χ2n) is 16.0. The smallest absolute Gasteiger partial charge is 0.332 e. The molecule has 49 heavy (non-hydrogen) atoms. The third kappa shape index (κ3) is 8.44. The van der Waals surface area contributed by atoms with Crippen LogP contribution in [-0.2, 0) is 35.3 Å². The zero-order valence-corrected chi connectivity index (χ0v) is 30.1. The molecule has 12 nitrogen and oxygen atoms in total. The van der Waals surface area contributed by atoms with E-state index in [1.807, 2.05) is 78.8 Å². The molecule has 0 radical (unpaired) electrons. The van der Waals surface area contributed by atoms with Crippen LogP contribution in [0.5, 0.6) is 0 Å². The summed E-state index contributed by atoms with van der Waals surface area (Å²) in [6, 6.07) is 5.60. The number of nitrogens with two attached hydrogens (primary N) is 1. The number of piperidine rings is 1. The molecule has 1 heterocycles. The largest absolute Gasteiger partial charge is 0.459 e. The number of urea groups is 1. The minimum absolute atomic E-state index is 0.0380. The van der Waals surface area contributed by atoms with Crippen molar-refractivity contribution in [3.8, 4) is 0 Å². The Morgan fingerprint density at radius 2 is 1.63 bits per heavy atom. The molecule has 5 amide bonds. The highest BCUT2D eigenvalue weighted by Gasteiger charge is 2.70. The maximum absolute atomic E-state index is 14.4. The van der Waals surface area contributed by atoms with E-state index in [0.29, 0.717) is 19.4 Å². The molecule has 1 aromatic rings. The molecule has 0 aromatic heterocycles. The van der Waals surface area contributed by atoms with E-state index in [0.717, 1.165) is 31.2 Å². The van der Waals surface area contributed by atoms with Crippen LogP contribution in [0.1, 0.15) is 99.0 Å². The Balaban J connectivity index is 1.53. The molecule has 2 unspecified atom stereocenters. The highest BCUT2D eigenvalue weighted by atomic mass is 16.5. The number of benzene rings is 1. The quantitative estimate of drug-likeness (QED) is 0.182. The van der Waals surface area contributed by atoms with Crippen molar-refractivity contribution in [1.29, 1.82) is 0 Å². The number of primary amides is 1. The molecule has 2 aliphatic carbocycles. The summed E-state index contributed by atoms with van der Waals surface area (Å²) < 4.78 is 5.69. The Labute approximate surface area is 290 Å². The summed E-state index contributed by atoms with van der Waals surface area (Å²) in [7, 11) is 0. The number of fused-ring (bicyclic) bond motifs is 1. The van der Waals surface area contributed by atoms with Gasteiger partial charge < -0.3 is 31.3 Å². The zero-order valence-electron chi connectivity index (χ0n) is 30.1. The van der Waals surface area contributed by atoms with Gasteiger partial charge in [0.2, 0.25) is 17.6 Å². The van der Waals surface area contributed by atoms with E-state index in [2.05, 4.69) is 16.0 Å². The molecule has 0 bridgehead atoms. The van der Waals surface area contributed by atoms with Crippen molar-refractivity contribution in [2.45, 2.75) is 124 Å². The van der Waals surface area contributed by atoms with Gasteiger partial charge in [-0.1, -0.05) is 104 Å². The van der Waals surface area contributed by atoms with Gasteiger partial charge in [-0.15, -0.1) is 0 Å². The molecule has 4 rings (SSSR count). The summed E-state index contributed by atoms with van der Waals surface area (Å²) in [5.74, 6) is -3.54. The highest BCUT2D eigenvalue weighted by Crippen LogP contribution is 2.65. The minimum atomic E-state index is -1.23. The second kappa shape index (κ2) is 14.9. The van der Waals surface area contributed by atoms with Crippen LogP contribution in [0.2, 0.25) is 0 Å². The molecule has 3 fully saturated rings. The Morgan fingerprint density at radius 1 is 1.00 bits per heavy atom. The number of ketones is 1. The number of nitrogens with zero attached hydrogens (tertiary/aromatic N) is 1. The van der Waals surface area contributed by atoms with Gasteiger partial charge in [-0.05, 0) is 53.4 Å². The maximum atomic E-state index is 14.4. The summed E-state index contributed by atoms with van der Waals surface area (Å²) in [4.78, 5) is 81.7. The average molecular weight is 682 g/mol. The summed E-state index contributed by atoms with van der Waals surface area (Å²) in [5, 5.41) is 8.52. The molecular formula is C37H55N5O7. The van der Waals surface area contributed by atoms with Crippen molar-refractivity contribution in [2.24, 2.45) is 34.3 Å². The average Bonchev–Trinajstić information content (AvgIpc) is 3.35. The number of hydrogen-bond donors (Lipinski definition) is 4. The van der Waals surface area contributed by atoms with Crippen LogP contribution in [0.15, 0.2) is 30.3 Å². The third-order valence-corrected chi connectivity index (χ3v) is 11.0. The van der Waals surface area contributed by atoms with Gasteiger partial charge in [0.25, 0.3) is 5.91 Å². The lowest BCUT2D eigenvalue weighted by Gasteiger charge is -2.39. The normalized spacial score (nSPS) is 24.0. The van der Waals surface area contributed by atoms with Gasteiger partial charge in [-0.3, -0.25) is 19.2 Å². The van der Waals surface area contributed by atoms with Crippen molar-refractivity contribution in [3.63, 3.8) is 0 Å². The Kier molecular flexibility index (Phi) is 11.5. The third-order valence-electron chi connectivity index (χ3n) is 11.0. The number of carbonyl (C=O) groups is 6. The van der Waals surface area contributed by atoms with Gasteiger partial charge in [-0.25, -0.2) is 9.59 Å². The summed E-state index contributed by atoms with van der Waals surface area (Å²) in [6.45, 7) is 13.8. The molecule has 12 heteroatoms. The molecule has 0 spiro atoms. The first-order valence-electron chi connectivity index (χ1n) is 17.7. The van der Waals surface area contributed by atoms with Gasteiger partial charge in [-0.2, -0.15) is 0 Å². The molecule has 1 saturated heterocycles. The fourth-order valence-corrected chi connectivity index (χ4v) is 7.64. The van der Waals surface area contributed by atoms with E-state index in [1.165, 1.54) is 4.90 Å². The van der Waals surface area contributed by atoms with Gasteiger partial charge in [0.05, 0.1) is 6.04 Å². The van der Waals surface area contributed by atoms with Crippen molar-refractivity contribution >= 4 is 35.5 Å². The SMILES string of the molecule is CCC(C)CC(NC(=O)[C@@H]1[C@@H]2[C@H](CN1C(=O)[C@@H](NC(=O)NC1(C(=O)OCc3ccccc3)CCCCC1)C(C)(C)C)C2(C)C)C(=O)C(N)=O. The number of hydrogen-bond acceptors (Lipinski definition) is 7. The van der Waals surface area contributed by atoms with Gasteiger partial charge >= 0.3 is 12.0 Å². The highest BCUT2D eigenvalue weighted by molar-refractivity contribution is 6.37. The molecule has 5 N–H and O–H groups in total. The molecule has 1 aliphatic heterocycles. The molecule has 2 saturated carbocycles. The van der Waals surface area contributed by atoms with E-state index in [-0.39, 0.29) is 36.2 Å². The summed E-state index contributed by atoms with van der Waals surface area (Å²) in [5.41, 5.74) is 3.94. The van der Waals surface area contributed by atoms with E-state index in [4.69, 9.17) is 10.5 Å². The van der Waals surface area contributed by atoms with Crippen molar-refractivity contribution < 1.29 is 33.5 Å². The van der Waals surface area contributed by atoms with Gasteiger partial charge in [0.1, 0.15) is 24.2 Å². The lowest BCUT2D eigenvalue weighted by Crippen LogP contribution is -2.64. The predicted octanol–water partition coefficient (Wildman–Crippen LogP) is 3.61. The van der Waals surface area contributed by atoms with Gasteiger partial charge in [0.15, 0.2) is 0 Å². The Hall–Kier alpha value is -3.96. The van der Waals surface area contributed by atoms with Crippen LogP contribution in [0, 0.1) is 28.6 Å². The predicted molar refractivity (Wildman–Crippen MR) is 183 cm³/mol. The van der Waals surface area contributed by atoms with Crippen molar-refractivity contribution in [3.05, 3.63) is 35.9 Å². The lowest BCUT2D eigenvalue weighted by molar-refractivity contribution is -0.154. The number of esters is 1. The molecule has 270 valence electrons. The van der Waals surface area contributed by atoms with Crippen LogP contribution < -0.4 is 21.7 Å². The van der Waals surface area contributed by atoms with E-state index < -0.39 is 64.6 Å². The first-order chi connectivity index (χ1) is 22.9. The second-order valence-corrected chi connectivity index (χ2v) is 16.0. The number of rotatable bonds is 13. The van der Waals surface area contributed by atoms with E-state index in [9.17, 15) is 28.8 Å². The standard InChI is InChI=1S/C37H55N5O7/c1-8-22(2)19-25(28(43)30(38)44)39-31(45)27-26-24(36(26,6)7)20-42(27)32(46)29(35(3,4)5)40-34(48)41-37(17-13-10-14-18-37)33(47)49-21-23-15-11-9-12-16-23/h9,11-12,15-16,22,24-27,29H,8,10,13-14,17-21H2,1-7H3,(H2,38,44)(H,39,45)(H2,40,41,48)/t22?,24-,25?,26-,27-,29+/m0/s1.